The minimum Gasteiger partial charge on any atom is -0.310 e. The lowest BCUT2D eigenvalue weighted by Crippen LogP contribution is -2.58. The fourth-order valence-corrected chi connectivity index (χ4v) is 4.49. The third-order valence-corrected chi connectivity index (χ3v) is 6.10. The number of anilines is 1. The molecule has 0 aliphatic carbocycles. The van der Waals surface area contributed by atoms with E-state index >= 15 is 4.39 Å². The summed E-state index contributed by atoms with van der Waals surface area (Å²) in [7, 11) is 0. The molecule has 2 aliphatic rings. The smallest absolute Gasteiger partial charge is 0.310 e. The lowest BCUT2D eigenvalue weighted by molar-refractivity contribution is 0.188. The zero-order chi connectivity index (χ0) is 24.0. The lowest BCUT2D eigenvalue weighted by atomic mass is 9.96. The first-order chi connectivity index (χ1) is 16.4. The molecule has 0 fully saturated rings. The van der Waals surface area contributed by atoms with Gasteiger partial charge < -0.3 is 15.5 Å². The van der Waals surface area contributed by atoms with Gasteiger partial charge in [-0.15, -0.1) is 0 Å². The van der Waals surface area contributed by atoms with Crippen molar-refractivity contribution >= 4 is 46.1 Å². The van der Waals surface area contributed by atoms with Crippen molar-refractivity contribution in [1.82, 2.24) is 26.0 Å². The molecule has 1 aromatic heterocycles. The molecule has 2 aliphatic heterocycles. The molecule has 3 N–H and O–H groups in total. The summed E-state index contributed by atoms with van der Waals surface area (Å²) in [5.74, 6) is -0.649. The highest BCUT2D eigenvalue weighted by Gasteiger charge is 2.38. The highest BCUT2D eigenvalue weighted by molar-refractivity contribution is 6.33. The number of amides is 4. The van der Waals surface area contributed by atoms with Gasteiger partial charge in [0.15, 0.2) is 0 Å². The Hall–Kier alpha value is -3.99. The Morgan fingerprint density at radius 1 is 1.26 bits per heavy atom. The van der Waals surface area contributed by atoms with Gasteiger partial charge >= 0.3 is 12.1 Å². The fraction of sp³-hybridized carbons (Fsp3) is 0.227. The van der Waals surface area contributed by atoms with Crippen molar-refractivity contribution in [3.8, 4) is 11.1 Å². The number of carbonyl (C=O) groups is 2. The molecule has 34 heavy (non-hydrogen) atoms. The fourth-order valence-electron chi connectivity index (χ4n) is 4.21. The van der Waals surface area contributed by atoms with Gasteiger partial charge in [-0.3, -0.25) is 0 Å². The van der Waals surface area contributed by atoms with Crippen LogP contribution in [0.1, 0.15) is 20.3 Å². The number of hydrogen-bond acceptors (Lipinski definition) is 6. The summed E-state index contributed by atoms with van der Waals surface area (Å²) in [5, 5.41) is 17.2. The summed E-state index contributed by atoms with van der Waals surface area (Å²) in [6, 6.07) is 5.97. The molecule has 10 nitrogen and oxygen atoms in total. The molecule has 0 bridgehead atoms. The number of aromatic nitrogens is 2. The maximum atomic E-state index is 15.1. The van der Waals surface area contributed by atoms with E-state index in [4.69, 9.17) is 16.2 Å². The van der Waals surface area contributed by atoms with Crippen molar-refractivity contribution in [2.45, 2.75) is 32.4 Å². The predicted octanol–water partition coefficient (Wildman–Crippen LogP) is 4.25. The zero-order valence-corrected chi connectivity index (χ0v) is 18.9. The molecule has 12 heteroatoms. The lowest BCUT2D eigenvalue weighted by Gasteiger charge is -2.40. The molecule has 0 saturated heterocycles. The Labute approximate surface area is 197 Å². The molecule has 0 spiro atoms. The number of rotatable bonds is 3. The van der Waals surface area contributed by atoms with Crippen LogP contribution in [0.5, 0.6) is 0 Å². The zero-order valence-electron chi connectivity index (χ0n) is 18.1. The van der Waals surface area contributed by atoms with Crippen LogP contribution in [0.2, 0.25) is 5.02 Å². The molecule has 0 radical (unpaired) electrons. The van der Waals surface area contributed by atoms with Crippen LogP contribution in [0, 0.1) is 5.82 Å². The number of fused-ring (bicyclic) bond motifs is 2. The van der Waals surface area contributed by atoms with E-state index < -0.39 is 23.9 Å². The number of carbonyl (C=O) groups excluding carboxylic acids is 2. The van der Waals surface area contributed by atoms with E-state index in [1.807, 2.05) is 13.8 Å². The van der Waals surface area contributed by atoms with Crippen LogP contribution >= 0.6 is 11.6 Å². The third kappa shape index (κ3) is 3.73. The first-order valence-corrected chi connectivity index (χ1v) is 10.9. The van der Waals surface area contributed by atoms with Gasteiger partial charge in [-0.2, -0.15) is 5.10 Å². The normalized spacial score (nSPS) is 19.6. The number of hydrazone groups is 1. The molecule has 5 rings (SSSR count). The van der Waals surface area contributed by atoms with Gasteiger partial charge in [0.1, 0.15) is 22.6 Å². The molecule has 3 heterocycles. The quantitative estimate of drug-likeness (QED) is 0.513. The maximum Gasteiger partial charge on any atom is 0.339 e. The van der Waals surface area contributed by atoms with Crippen molar-refractivity contribution < 1.29 is 18.6 Å². The van der Waals surface area contributed by atoms with E-state index in [1.54, 1.807) is 29.2 Å². The number of nitrogens with zero attached hydrogens (tertiary/aromatic N) is 4. The van der Waals surface area contributed by atoms with Gasteiger partial charge in [-0.05, 0) is 59.6 Å². The van der Waals surface area contributed by atoms with Crippen LogP contribution in [-0.2, 0) is 0 Å². The summed E-state index contributed by atoms with van der Waals surface area (Å²) in [4.78, 5) is 26.4. The summed E-state index contributed by atoms with van der Waals surface area (Å²) in [5.41, 5.74) is 5.54. The minimum atomic E-state index is -0.649. The number of benzene rings is 2. The largest absolute Gasteiger partial charge is 0.339 e. The van der Waals surface area contributed by atoms with E-state index in [1.165, 1.54) is 12.1 Å². The van der Waals surface area contributed by atoms with Crippen molar-refractivity contribution in [1.29, 1.82) is 0 Å². The van der Waals surface area contributed by atoms with Gasteiger partial charge in [-0.25, -0.2) is 24.0 Å². The van der Waals surface area contributed by atoms with Gasteiger partial charge in [0, 0.05) is 5.56 Å². The Morgan fingerprint density at radius 2 is 2.06 bits per heavy atom. The summed E-state index contributed by atoms with van der Waals surface area (Å²) in [6.07, 6.45) is 2.26. The highest BCUT2D eigenvalue weighted by Crippen LogP contribution is 2.34. The van der Waals surface area contributed by atoms with E-state index in [0.29, 0.717) is 40.0 Å². The second kappa shape index (κ2) is 8.41. The summed E-state index contributed by atoms with van der Waals surface area (Å²) in [6.45, 7) is 3.70. The van der Waals surface area contributed by atoms with Crippen LogP contribution < -0.4 is 16.1 Å². The van der Waals surface area contributed by atoms with E-state index in [2.05, 4.69) is 31.5 Å². The Kier molecular flexibility index (Phi) is 5.40. The number of nitrogens with one attached hydrogen (secondary N) is 3. The van der Waals surface area contributed by atoms with Crippen LogP contribution in [0.15, 0.2) is 51.8 Å². The molecule has 4 amide bonds. The third-order valence-electron chi connectivity index (χ3n) is 5.78. The Bertz CT molecular complexity index is 1390. The Morgan fingerprint density at radius 3 is 2.85 bits per heavy atom. The average Bonchev–Trinajstić information content (AvgIpc) is 3.28. The number of urea groups is 2. The van der Waals surface area contributed by atoms with Crippen molar-refractivity contribution in [3.05, 3.63) is 52.9 Å². The predicted molar refractivity (Wildman–Crippen MR) is 124 cm³/mol. The highest BCUT2D eigenvalue weighted by atomic mass is 35.5. The number of halogens is 2. The van der Waals surface area contributed by atoms with Gasteiger partial charge in [0.2, 0.25) is 0 Å². The molecule has 2 atom stereocenters. The molecular weight excluding hydrogens is 465 g/mol. The molecule has 3 aromatic rings. The van der Waals surface area contributed by atoms with Crippen LogP contribution in [0.4, 0.5) is 19.7 Å². The van der Waals surface area contributed by atoms with E-state index in [0.717, 1.165) is 0 Å². The summed E-state index contributed by atoms with van der Waals surface area (Å²) < 4.78 is 19.8. The molecule has 2 aromatic carbocycles. The molecule has 174 valence electrons. The van der Waals surface area contributed by atoms with Gasteiger partial charge in [0.05, 0.1) is 28.5 Å². The van der Waals surface area contributed by atoms with E-state index in [-0.39, 0.29) is 16.8 Å². The topological polar surface area (TPSA) is 125 Å². The summed E-state index contributed by atoms with van der Waals surface area (Å²) >= 11 is 6.45. The molecular formula is C22H19ClFN7O3. The van der Waals surface area contributed by atoms with E-state index in [9.17, 15) is 9.59 Å². The van der Waals surface area contributed by atoms with Crippen molar-refractivity contribution in [2.75, 3.05) is 5.32 Å². The monoisotopic (exact) mass is 483 g/mol. The average molecular weight is 484 g/mol. The standard InChI is InChI=1S/C22H19ClFN7O3/c1-3-19-20-18(25-21(32)28-27-20)6-10(2)31(19)22(33)26-16-9-13(23)12(8-14(16)24)11-4-5-15-17(7-11)30-34-29-15/h4-10,19H,3H2,1-2H3,(H,26,33)(H2,25,28,32). The van der Waals surface area contributed by atoms with Crippen LogP contribution in [0.25, 0.3) is 22.2 Å². The molecule has 2 unspecified atom stereocenters. The second-order valence-corrected chi connectivity index (χ2v) is 8.33. The van der Waals surface area contributed by atoms with Gasteiger partial charge in [-0.1, -0.05) is 24.6 Å². The second-order valence-electron chi connectivity index (χ2n) is 7.93. The van der Waals surface area contributed by atoms with Crippen molar-refractivity contribution in [3.63, 3.8) is 0 Å². The van der Waals surface area contributed by atoms with Crippen LogP contribution in [-0.4, -0.2) is 45.1 Å². The van der Waals surface area contributed by atoms with Crippen LogP contribution in [0.3, 0.4) is 0 Å². The first kappa shape index (κ1) is 21.8. The minimum absolute atomic E-state index is 0.0585. The van der Waals surface area contributed by atoms with Gasteiger partial charge in [0.25, 0.3) is 0 Å². The SMILES string of the molecule is CCC1C2=NNC(=O)NC2=CC(C)N1C(=O)Nc1cc(Cl)c(-c2ccc3nonc3c2)cc1F. The van der Waals surface area contributed by atoms with Crippen molar-refractivity contribution in [2.24, 2.45) is 5.10 Å². The Balaban J connectivity index is 1.42. The maximum absolute atomic E-state index is 15.1. The first-order valence-electron chi connectivity index (χ1n) is 10.5. The molecule has 0 saturated carbocycles. The number of hydrogen-bond donors (Lipinski definition) is 3.